The van der Waals surface area contributed by atoms with E-state index < -0.39 is 5.60 Å². The summed E-state index contributed by atoms with van der Waals surface area (Å²) >= 11 is 1.49. The van der Waals surface area contributed by atoms with E-state index in [-0.39, 0.29) is 12.7 Å². The molecule has 4 rings (SSSR count). The summed E-state index contributed by atoms with van der Waals surface area (Å²) in [6.07, 6.45) is 2.09. The quantitative estimate of drug-likeness (QED) is 0.434. The molecule has 0 spiro atoms. The maximum atomic E-state index is 12.3. The van der Waals surface area contributed by atoms with E-state index in [9.17, 15) is 4.79 Å². The number of nitrogens with one attached hydrogen (secondary N) is 1. The molecule has 0 atom stereocenters. The zero-order chi connectivity index (χ0) is 24.5. The van der Waals surface area contributed by atoms with Crippen molar-refractivity contribution in [2.24, 2.45) is 0 Å². The number of nitrogen functional groups attached to an aromatic ring is 1. The second-order valence-corrected chi connectivity index (χ2v) is 9.48. The second-order valence-electron chi connectivity index (χ2n) is 8.47. The maximum absolute atomic E-state index is 12.3. The molecule has 0 fully saturated rings. The monoisotopic (exact) mass is 487 g/mol. The third-order valence-corrected chi connectivity index (χ3v) is 6.60. The third-order valence-electron chi connectivity index (χ3n) is 5.56. The summed E-state index contributed by atoms with van der Waals surface area (Å²) < 4.78 is 18.4. The fourth-order valence-electron chi connectivity index (χ4n) is 3.40. The number of benzene rings is 1. The number of amides is 1. The molecule has 1 aromatic carbocycles. The van der Waals surface area contributed by atoms with Gasteiger partial charge in [0.1, 0.15) is 11.9 Å². The molecular formula is C22H29N7O4S. The highest BCUT2D eigenvalue weighted by Gasteiger charge is 2.26. The minimum Gasteiger partial charge on any atom is -0.454 e. The standard InChI is InChI=1S/C22H29N7O4S/c1-22(2,31-5)20(30)24-7-6-8-29-19-17(18(23)25-11-26-19)27-21(29)34-16-10-15-14(32-12-33-15)9-13(16)28(3)4/h9-11H,6-8,12H2,1-5H3,(H,24,30)(H2,23,25,26). The molecule has 0 radical (unpaired) electrons. The Bertz CT molecular complexity index is 1210. The molecule has 0 unspecified atom stereocenters. The van der Waals surface area contributed by atoms with Gasteiger partial charge in [0.25, 0.3) is 5.91 Å². The lowest BCUT2D eigenvalue weighted by Crippen LogP contribution is -2.44. The van der Waals surface area contributed by atoms with Crippen LogP contribution in [0.5, 0.6) is 11.5 Å². The van der Waals surface area contributed by atoms with E-state index in [1.54, 1.807) is 13.8 Å². The van der Waals surface area contributed by atoms with Crippen LogP contribution in [0.4, 0.5) is 11.5 Å². The number of anilines is 2. The molecule has 2 aromatic heterocycles. The molecule has 0 bridgehead atoms. The Labute approximate surface area is 202 Å². The molecular weight excluding hydrogens is 458 g/mol. The van der Waals surface area contributed by atoms with Crippen LogP contribution in [0.15, 0.2) is 28.5 Å². The van der Waals surface area contributed by atoms with Crippen LogP contribution >= 0.6 is 11.8 Å². The first-order valence-electron chi connectivity index (χ1n) is 10.8. The first-order valence-corrected chi connectivity index (χ1v) is 11.6. The van der Waals surface area contributed by atoms with E-state index in [1.165, 1.54) is 25.2 Å². The van der Waals surface area contributed by atoms with Gasteiger partial charge < -0.3 is 34.7 Å². The molecule has 1 aliphatic rings. The average Bonchev–Trinajstić information content (AvgIpc) is 3.40. The topological polar surface area (TPSA) is 130 Å². The summed E-state index contributed by atoms with van der Waals surface area (Å²) in [6.45, 7) is 4.71. The molecule has 1 aliphatic heterocycles. The number of methoxy groups -OCH3 is 1. The number of aryl methyl sites for hydroxylation is 1. The van der Waals surface area contributed by atoms with Gasteiger partial charge in [0.05, 0.1) is 5.69 Å². The van der Waals surface area contributed by atoms with Gasteiger partial charge in [-0.05, 0) is 32.0 Å². The van der Waals surface area contributed by atoms with Crippen LogP contribution < -0.4 is 25.4 Å². The highest BCUT2D eigenvalue weighted by molar-refractivity contribution is 7.99. The zero-order valence-electron chi connectivity index (χ0n) is 19.9. The van der Waals surface area contributed by atoms with Crippen molar-refractivity contribution in [2.45, 2.75) is 42.5 Å². The van der Waals surface area contributed by atoms with Gasteiger partial charge in [-0.3, -0.25) is 4.79 Å². The number of hydrogen-bond donors (Lipinski definition) is 2. The number of aromatic nitrogens is 4. The Hall–Kier alpha value is -3.25. The molecule has 11 nitrogen and oxygen atoms in total. The highest BCUT2D eigenvalue weighted by Crippen LogP contribution is 2.44. The molecule has 3 heterocycles. The lowest BCUT2D eigenvalue weighted by molar-refractivity contribution is -0.139. The predicted molar refractivity (Wildman–Crippen MR) is 129 cm³/mol. The van der Waals surface area contributed by atoms with Crippen LogP contribution in [0.1, 0.15) is 20.3 Å². The summed E-state index contributed by atoms with van der Waals surface area (Å²) in [6, 6.07) is 3.91. The lowest BCUT2D eigenvalue weighted by Gasteiger charge is -2.21. The van der Waals surface area contributed by atoms with Gasteiger partial charge in [0, 0.05) is 51.3 Å². The number of nitrogens with two attached hydrogens (primary N) is 1. The Morgan fingerprint density at radius 1 is 1.29 bits per heavy atom. The van der Waals surface area contributed by atoms with Crippen molar-refractivity contribution in [3.05, 3.63) is 18.5 Å². The first kappa shape index (κ1) is 23.9. The Morgan fingerprint density at radius 2 is 2.03 bits per heavy atom. The van der Waals surface area contributed by atoms with Crippen LogP contribution in [-0.2, 0) is 16.1 Å². The summed E-state index contributed by atoms with van der Waals surface area (Å²) in [4.78, 5) is 28.5. The van der Waals surface area contributed by atoms with Crippen LogP contribution in [0, 0.1) is 0 Å². The fourth-order valence-corrected chi connectivity index (χ4v) is 4.53. The number of ether oxygens (including phenoxy) is 3. The van der Waals surface area contributed by atoms with Crippen molar-refractivity contribution in [1.29, 1.82) is 0 Å². The average molecular weight is 488 g/mol. The number of imidazole rings is 1. The van der Waals surface area contributed by atoms with Gasteiger partial charge in [-0.1, -0.05) is 0 Å². The maximum Gasteiger partial charge on any atom is 0.251 e. The van der Waals surface area contributed by atoms with Crippen LogP contribution in [-0.4, -0.2) is 65.6 Å². The van der Waals surface area contributed by atoms with E-state index in [0.29, 0.717) is 53.1 Å². The summed E-state index contributed by atoms with van der Waals surface area (Å²) in [5.41, 5.74) is 7.37. The molecule has 0 saturated carbocycles. The number of carbonyl (C=O) groups excluding carboxylic acids is 1. The van der Waals surface area contributed by atoms with E-state index in [2.05, 4.69) is 15.3 Å². The molecule has 0 aliphatic carbocycles. The second kappa shape index (κ2) is 9.55. The number of hydrogen-bond acceptors (Lipinski definition) is 10. The molecule has 12 heteroatoms. The molecule has 34 heavy (non-hydrogen) atoms. The Morgan fingerprint density at radius 3 is 2.74 bits per heavy atom. The molecule has 1 amide bonds. The number of rotatable bonds is 9. The fraction of sp³-hybridized carbons (Fsp3) is 0.455. The first-order chi connectivity index (χ1) is 16.2. The van der Waals surface area contributed by atoms with Gasteiger partial charge in [-0.15, -0.1) is 0 Å². The molecule has 182 valence electrons. The van der Waals surface area contributed by atoms with E-state index in [1.807, 2.05) is 35.7 Å². The Kier molecular flexibility index (Phi) is 6.71. The largest absolute Gasteiger partial charge is 0.454 e. The zero-order valence-corrected chi connectivity index (χ0v) is 20.7. The molecule has 3 aromatic rings. The molecule has 0 saturated heterocycles. The molecule has 3 N–H and O–H groups in total. The summed E-state index contributed by atoms with van der Waals surface area (Å²) in [5.74, 6) is 1.56. The van der Waals surface area contributed by atoms with E-state index in [4.69, 9.17) is 24.9 Å². The van der Waals surface area contributed by atoms with Gasteiger partial charge >= 0.3 is 0 Å². The predicted octanol–water partition coefficient (Wildman–Crippen LogP) is 2.29. The van der Waals surface area contributed by atoms with E-state index >= 15 is 0 Å². The van der Waals surface area contributed by atoms with Gasteiger partial charge in [0.15, 0.2) is 33.6 Å². The van der Waals surface area contributed by atoms with Gasteiger partial charge in [-0.25, -0.2) is 15.0 Å². The van der Waals surface area contributed by atoms with Crippen molar-refractivity contribution in [2.75, 3.05) is 45.2 Å². The number of carbonyl (C=O) groups is 1. The lowest BCUT2D eigenvalue weighted by atomic mass is 10.1. The number of nitrogens with zero attached hydrogens (tertiary/aromatic N) is 5. The summed E-state index contributed by atoms with van der Waals surface area (Å²) in [5, 5.41) is 3.63. The van der Waals surface area contributed by atoms with Gasteiger partial charge in [0.2, 0.25) is 6.79 Å². The normalized spacial score (nSPS) is 12.9. The number of fused-ring (bicyclic) bond motifs is 2. The Balaban J connectivity index is 1.61. The van der Waals surface area contributed by atoms with Crippen molar-refractivity contribution < 1.29 is 19.0 Å². The van der Waals surface area contributed by atoms with Crippen LogP contribution in [0.2, 0.25) is 0 Å². The smallest absolute Gasteiger partial charge is 0.251 e. The highest BCUT2D eigenvalue weighted by atomic mass is 32.2. The van der Waals surface area contributed by atoms with E-state index in [0.717, 1.165) is 10.6 Å². The van der Waals surface area contributed by atoms with Crippen molar-refractivity contribution in [3.8, 4) is 11.5 Å². The van der Waals surface area contributed by atoms with Crippen molar-refractivity contribution in [1.82, 2.24) is 24.8 Å². The van der Waals surface area contributed by atoms with Crippen molar-refractivity contribution in [3.63, 3.8) is 0 Å². The minimum absolute atomic E-state index is 0.164. The summed E-state index contributed by atoms with van der Waals surface area (Å²) in [7, 11) is 5.46. The van der Waals surface area contributed by atoms with Gasteiger partial charge in [-0.2, -0.15) is 0 Å². The van der Waals surface area contributed by atoms with Crippen LogP contribution in [0.3, 0.4) is 0 Å². The van der Waals surface area contributed by atoms with Crippen LogP contribution in [0.25, 0.3) is 11.2 Å². The minimum atomic E-state index is -0.883. The van der Waals surface area contributed by atoms with Crippen molar-refractivity contribution >= 4 is 40.3 Å². The third kappa shape index (κ3) is 4.68. The SMILES string of the molecule is COC(C)(C)C(=O)NCCCn1c(Sc2cc3c(cc2N(C)C)OCO3)nc2c(N)ncnc21.